The van der Waals surface area contributed by atoms with Gasteiger partial charge in [-0.3, -0.25) is 0 Å². The lowest BCUT2D eigenvalue weighted by molar-refractivity contribution is 0.590. The van der Waals surface area contributed by atoms with Gasteiger partial charge in [-0.1, -0.05) is 246 Å². The van der Waals surface area contributed by atoms with Gasteiger partial charge in [0.2, 0.25) is 0 Å². The number of benzene rings is 13. The van der Waals surface area contributed by atoms with E-state index in [2.05, 4.69) is 364 Å². The van der Waals surface area contributed by atoms with Crippen LogP contribution in [0.5, 0.6) is 0 Å². The number of furan rings is 1. The van der Waals surface area contributed by atoms with Crippen LogP contribution >= 0.6 is 0 Å². The van der Waals surface area contributed by atoms with Gasteiger partial charge in [-0.05, 0) is 219 Å². The first-order valence-corrected chi connectivity index (χ1v) is 34.9. The minimum atomic E-state index is -0.455. The molecule has 474 valence electrons. The summed E-state index contributed by atoms with van der Waals surface area (Å²) in [7, 11) is 0. The van der Waals surface area contributed by atoms with Crippen LogP contribution in [0.15, 0.2) is 277 Å². The van der Waals surface area contributed by atoms with Crippen molar-refractivity contribution in [2.24, 2.45) is 0 Å². The molecule has 0 N–H and O–H groups in total. The Hall–Kier alpha value is -10.9. The third-order valence-electron chi connectivity index (χ3n) is 21.8. The maximum absolute atomic E-state index is 7.27. The van der Waals surface area contributed by atoms with Crippen LogP contribution in [0.25, 0.3) is 105 Å². The van der Waals surface area contributed by atoms with Crippen molar-refractivity contribution in [3.63, 3.8) is 0 Å². The molecule has 0 aliphatic carbocycles. The van der Waals surface area contributed by atoms with E-state index in [0.29, 0.717) is 0 Å². The molecule has 0 saturated carbocycles. The molecule has 5 heteroatoms. The molecule has 13 aromatic carbocycles. The smallest absolute Gasteiger partial charge is 0.252 e. The molecule has 19 rings (SSSR count). The van der Waals surface area contributed by atoms with E-state index >= 15 is 0 Å². The van der Waals surface area contributed by atoms with Crippen molar-refractivity contribution in [1.29, 1.82) is 0 Å². The van der Waals surface area contributed by atoms with Gasteiger partial charge in [-0.15, -0.1) is 0 Å². The lowest BCUT2D eigenvalue weighted by Gasteiger charge is -2.45. The predicted octanol–water partition coefficient (Wildman–Crippen LogP) is 23.6. The molecule has 15 aromatic rings. The molecule has 0 amide bonds. The Morgan fingerprint density at radius 2 is 0.765 bits per heavy atom. The van der Waals surface area contributed by atoms with Crippen LogP contribution < -0.4 is 26.2 Å². The van der Waals surface area contributed by atoms with Crippen molar-refractivity contribution in [1.82, 2.24) is 4.57 Å². The van der Waals surface area contributed by atoms with Crippen LogP contribution in [0.2, 0.25) is 0 Å². The SMILES string of the molecule is CC(C)(C)c1ccc2c(c1)B1c3cc(C(C)(C)C)ccc3N3c4cc(-c5ccccc5)cc(c4)-c4ccccc4C(C)(C)c4ccc5c(c4)c4cc(C(C)(C)C)ccc4n5-c4cc(cc5c4oc4ccccc45)-c4cc(c1c3c4)N2c1cc(-c2ccccc2)cc(-c2ccccc2)c1. The lowest BCUT2D eigenvalue weighted by atomic mass is 9.33. The number of anilines is 6. The lowest BCUT2D eigenvalue weighted by Crippen LogP contribution is -2.61. The molecule has 4 nitrogen and oxygen atoms in total. The van der Waals surface area contributed by atoms with Crippen molar-refractivity contribution in [2.45, 2.75) is 97.8 Å². The van der Waals surface area contributed by atoms with Crippen molar-refractivity contribution < 1.29 is 4.42 Å². The van der Waals surface area contributed by atoms with Crippen molar-refractivity contribution >= 4 is 101 Å². The van der Waals surface area contributed by atoms with E-state index in [1.54, 1.807) is 0 Å². The highest BCUT2D eigenvalue weighted by molar-refractivity contribution is 7.00. The molecule has 0 atom stereocenters. The van der Waals surface area contributed by atoms with Crippen LogP contribution in [-0.4, -0.2) is 11.3 Å². The molecule has 4 aliphatic rings. The maximum atomic E-state index is 7.27. The molecule has 0 spiro atoms. The molecule has 0 fully saturated rings. The Balaban J connectivity index is 1.05. The highest BCUT2D eigenvalue weighted by Gasteiger charge is 2.45. The van der Waals surface area contributed by atoms with Gasteiger partial charge < -0.3 is 18.8 Å². The number of hydrogen-bond acceptors (Lipinski definition) is 3. The summed E-state index contributed by atoms with van der Waals surface area (Å²) in [6.45, 7) is 25.8. The number of hydrogen-bond donors (Lipinski definition) is 0. The summed E-state index contributed by atoms with van der Waals surface area (Å²) in [6.07, 6.45) is 0. The second-order valence-electron chi connectivity index (χ2n) is 31.4. The number of rotatable bonds is 4. The average molecular weight is 1260 g/mol. The second-order valence-corrected chi connectivity index (χ2v) is 31.4. The Bertz CT molecular complexity index is 5730. The zero-order valence-electron chi connectivity index (χ0n) is 57.8. The van der Waals surface area contributed by atoms with Crippen LogP contribution in [0.1, 0.15) is 104 Å². The molecule has 0 radical (unpaired) electrons. The fourth-order valence-electron chi connectivity index (χ4n) is 16.4. The van der Waals surface area contributed by atoms with Crippen LogP contribution in [0.4, 0.5) is 34.1 Å². The fraction of sp³-hybridized carbons (Fsp3) is 0.161. The molecule has 6 heterocycles. The van der Waals surface area contributed by atoms with Crippen molar-refractivity contribution in [2.75, 3.05) is 9.80 Å². The van der Waals surface area contributed by atoms with E-state index in [1.807, 2.05) is 0 Å². The number of nitrogens with zero attached hydrogens (tertiary/aromatic N) is 3. The van der Waals surface area contributed by atoms with Gasteiger partial charge in [0.1, 0.15) is 5.58 Å². The molecule has 10 bridgehead atoms. The summed E-state index contributed by atoms with van der Waals surface area (Å²) in [4.78, 5) is 5.29. The van der Waals surface area contributed by atoms with Gasteiger partial charge in [-0.25, -0.2) is 0 Å². The van der Waals surface area contributed by atoms with Gasteiger partial charge in [0, 0.05) is 61.1 Å². The molecule has 4 aliphatic heterocycles. The van der Waals surface area contributed by atoms with E-state index in [4.69, 9.17) is 4.42 Å². The van der Waals surface area contributed by atoms with E-state index in [-0.39, 0.29) is 23.0 Å². The van der Waals surface area contributed by atoms with Gasteiger partial charge in [0.15, 0.2) is 5.58 Å². The highest BCUT2D eigenvalue weighted by atomic mass is 16.3. The number of aromatic nitrogens is 1. The Morgan fingerprint density at radius 1 is 0.327 bits per heavy atom. The summed E-state index contributed by atoms with van der Waals surface area (Å²) < 4.78 is 9.79. The van der Waals surface area contributed by atoms with Crippen LogP contribution in [-0.2, 0) is 21.7 Å². The number of fused-ring (bicyclic) bond motifs is 9. The zero-order chi connectivity index (χ0) is 66.9. The van der Waals surface area contributed by atoms with E-state index in [1.165, 1.54) is 71.9 Å². The Kier molecular flexibility index (Phi) is 13.1. The molecule has 98 heavy (non-hydrogen) atoms. The summed E-state index contributed by atoms with van der Waals surface area (Å²) >= 11 is 0. The summed E-state index contributed by atoms with van der Waals surface area (Å²) in [6, 6.07) is 105. The third kappa shape index (κ3) is 9.40. The minimum Gasteiger partial charge on any atom is -0.454 e. The summed E-state index contributed by atoms with van der Waals surface area (Å²) in [5.41, 5.74) is 32.7. The first-order chi connectivity index (χ1) is 47.2. The quantitative estimate of drug-likeness (QED) is 0.164. The second kappa shape index (κ2) is 21.6. The van der Waals surface area contributed by atoms with Gasteiger partial charge in [0.05, 0.1) is 16.7 Å². The highest BCUT2D eigenvalue weighted by Crippen LogP contribution is 2.52. The molecule has 0 unspecified atom stereocenters. The molecular weight excluding hydrogens is 1190 g/mol. The normalized spacial score (nSPS) is 13.9. The van der Waals surface area contributed by atoms with E-state index in [9.17, 15) is 0 Å². The molecule has 2 aromatic heterocycles. The number of para-hydroxylation sites is 1. The molecule has 0 saturated heterocycles. The fourth-order valence-corrected chi connectivity index (χ4v) is 16.4. The predicted molar refractivity (Wildman–Crippen MR) is 417 cm³/mol. The van der Waals surface area contributed by atoms with E-state index < -0.39 is 5.41 Å². The first-order valence-electron chi connectivity index (χ1n) is 34.9. The summed E-state index contributed by atoms with van der Waals surface area (Å²) in [5.74, 6) is 0. The largest absolute Gasteiger partial charge is 0.454 e. The first kappa shape index (κ1) is 59.6. The topological polar surface area (TPSA) is 24.6 Å². The minimum absolute atomic E-state index is 0.0892. The van der Waals surface area contributed by atoms with Crippen LogP contribution in [0, 0.1) is 0 Å². The molecular formula is C93H78BN3O. The third-order valence-corrected chi connectivity index (χ3v) is 21.8. The Morgan fingerprint density at radius 3 is 1.33 bits per heavy atom. The van der Waals surface area contributed by atoms with Gasteiger partial charge in [-0.2, -0.15) is 0 Å². The standard InChI is InChI=1S/C93H78BN3O/c1-90(2,3)66-35-39-80-74(53-66)75-54-69-38-40-81(75)97(80)86-52-63(49-76-73-32-22-24-34-87(73)98-89(76)86)64-50-84-88-85(51-64)96(71-47-62(59-29-19-14-20-30-59)44-65(48-71)72-31-21-23-33-77(72)93(69,10)11)83-42-37-68(92(7,8)9)56-79(83)94(88)78-55-67(91(4,5)6)36-41-82(78)95(84)70-45-60(57-25-15-12-16-26-57)43-61(46-70)58-27-17-13-18-28-58/h12-56H,1-11H3. The van der Waals surface area contributed by atoms with Gasteiger partial charge >= 0.3 is 0 Å². The maximum Gasteiger partial charge on any atom is 0.252 e. The van der Waals surface area contributed by atoms with Crippen molar-refractivity contribution in [3.8, 4) is 61.3 Å². The van der Waals surface area contributed by atoms with Crippen molar-refractivity contribution in [3.05, 3.63) is 301 Å². The monoisotopic (exact) mass is 1260 g/mol. The van der Waals surface area contributed by atoms with E-state index in [0.717, 1.165) is 111 Å². The summed E-state index contributed by atoms with van der Waals surface area (Å²) in [5, 5.41) is 4.58. The Labute approximate surface area is 576 Å². The zero-order valence-corrected chi connectivity index (χ0v) is 57.8. The van der Waals surface area contributed by atoms with Crippen LogP contribution in [0.3, 0.4) is 0 Å². The van der Waals surface area contributed by atoms with Gasteiger partial charge in [0.25, 0.3) is 6.71 Å². The average Bonchev–Trinajstić information content (AvgIpc) is 0.857.